The van der Waals surface area contributed by atoms with Gasteiger partial charge in [-0.2, -0.15) is 0 Å². The summed E-state index contributed by atoms with van der Waals surface area (Å²) in [4.78, 5) is 12.4. The SMILES string of the molecule is COc1ccccc1NC(=O)C(CN)Cc1ccccc1. The fourth-order valence-electron chi connectivity index (χ4n) is 2.16. The van der Waals surface area contributed by atoms with Crippen LogP contribution in [0, 0.1) is 5.92 Å². The average Bonchev–Trinajstić information content (AvgIpc) is 2.54. The van der Waals surface area contributed by atoms with Gasteiger partial charge in [-0.3, -0.25) is 4.79 Å². The predicted molar refractivity (Wildman–Crippen MR) is 84.3 cm³/mol. The smallest absolute Gasteiger partial charge is 0.229 e. The lowest BCUT2D eigenvalue weighted by atomic mass is 9.98. The molecule has 1 amide bonds. The minimum atomic E-state index is -0.266. The van der Waals surface area contributed by atoms with E-state index < -0.39 is 0 Å². The Morgan fingerprint density at radius 3 is 2.48 bits per heavy atom. The van der Waals surface area contributed by atoms with Crippen molar-refractivity contribution in [2.45, 2.75) is 6.42 Å². The number of para-hydroxylation sites is 2. The Morgan fingerprint density at radius 1 is 1.14 bits per heavy atom. The molecule has 2 rings (SSSR count). The van der Waals surface area contributed by atoms with E-state index >= 15 is 0 Å². The van der Waals surface area contributed by atoms with Gasteiger partial charge in [0.1, 0.15) is 5.75 Å². The molecule has 0 bridgehead atoms. The summed E-state index contributed by atoms with van der Waals surface area (Å²) in [5, 5.41) is 2.89. The van der Waals surface area contributed by atoms with Crippen LogP contribution in [0.5, 0.6) is 5.75 Å². The topological polar surface area (TPSA) is 64.3 Å². The summed E-state index contributed by atoms with van der Waals surface area (Å²) < 4.78 is 5.23. The molecule has 0 heterocycles. The summed E-state index contributed by atoms with van der Waals surface area (Å²) in [5.74, 6) is 0.282. The quantitative estimate of drug-likeness (QED) is 0.856. The Bertz CT molecular complexity index is 584. The molecule has 0 aliphatic rings. The Balaban J connectivity index is 2.06. The minimum Gasteiger partial charge on any atom is -0.495 e. The summed E-state index contributed by atoms with van der Waals surface area (Å²) >= 11 is 0. The van der Waals surface area contributed by atoms with E-state index in [0.29, 0.717) is 24.4 Å². The molecule has 2 aromatic rings. The van der Waals surface area contributed by atoms with E-state index in [1.54, 1.807) is 7.11 Å². The number of carbonyl (C=O) groups is 1. The number of carbonyl (C=O) groups excluding carboxylic acids is 1. The van der Waals surface area contributed by atoms with E-state index in [-0.39, 0.29) is 11.8 Å². The number of hydrogen-bond donors (Lipinski definition) is 2. The monoisotopic (exact) mass is 284 g/mol. The molecule has 3 N–H and O–H groups in total. The molecule has 0 aliphatic heterocycles. The summed E-state index contributed by atoms with van der Waals surface area (Å²) in [6, 6.07) is 17.2. The molecule has 21 heavy (non-hydrogen) atoms. The molecule has 0 saturated heterocycles. The largest absolute Gasteiger partial charge is 0.495 e. The first kappa shape index (κ1) is 15.1. The van der Waals surface area contributed by atoms with Crippen molar-refractivity contribution in [2.75, 3.05) is 19.0 Å². The van der Waals surface area contributed by atoms with E-state index in [9.17, 15) is 4.79 Å². The summed E-state index contributed by atoms with van der Waals surface area (Å²) in [6.07, 6.45) is 0.623. The third kappa shape index (κ3) is 4.07. The number of anilines is 1. The van der Waals surface area contributed by atoms with Gasteiger partial charge in [0.25, 0.3) is 0 Å². The van der Waals surface area contributed by atoms with Crippen molar-refractivity contribution < 1.29 is 9.53 Å². The molecule has 0 saturated carbocycles. The van der Waals surface area contributed by atoms with Gasteiger partial charge >= 0.3 is 0 Å². The van der Waals surface area contributed by atoms with Crippen molar-refractivity contribution in [3.05, 3.63) is 60.2 Å². The first-order chi connectivity index (χ1) is 10.2. The van der Waals surface area contributed by atoms with Gasteiger partial charge in [0, 0.05) is 6.54 Å². The van der Waals surface area contributed by atoms with Gasteiger partial charge in [-0.25, -0.2) is 0 Å². The predicted octanol–water partition coefficient (Wildman–Crippen LogP) is 2.45. The average molecular weight is 284 g/mol. The maximum Gasteiger partial charge on any atom is 0.229 e. The molecule has 4 nitrogen and oxygen atoms in total. The van der Waals surface area contributed by atoms with Gasteiger partial charge in [0.15, 0.2) is 0 Å². The van der Waals surface area contributed by atoms with Crippen molar-refractivity contribution in [1.29, 1.82) is 0 Å². The number of amides is 1. The van der Waals surface area contributed by atoms with Gasteiger partial charge in [-0.15, -0.1) is 0 Å². The molecule has 4 heteroatoms. The maximum absolute atomic E-state index is 12.4. The molecule has 0 aliphatic carbocycles. The van der Waals surface area contributed by atoms with E-state index in [4.69, 9.17) is 10.5 Å². The number of methoxy groups -OCH3 is 1. The van der Waals surface area contributed by atoms with Gasteiger partial charge in [-0.1, -0.05) is 42.5 Å². The second kappa shape index (κ2) is 7.45. The van der Waals surface area contributed by atoms with E-state index in [2.05, 4.69) is 5.32 Å². The summed E-state index contributed by atoms with van der Waals surface area (Å²) in [6.45, 7) is 0.301. The number of benzene rings is 2. The Hall–Kier alpha value is -2.33. The third-order valence-corrected chi connectivity index (χ3v) is 3.35. The fourth-order valence-corrected chi connectivity index (χ4v) is 2.16. The Labute approximate surface area is 124 Å². The molecular weight excluding hydrogens is 264 g/mol. The zero-order valence-corrected chi connectivity index (χ0v) is 12.1. The second-order valence-corrected chi connectivity index (χ2v) is 4.81. The normalized spacial score (nSPS) is 11.7. The Morgan fingerprint density at radius 2 is 1.81 bits per heavy atom. The lowest BCUT2D eigenvalue weighted by molar-refractivity contribution is -0.119. The third-order valence-electron chi connectivity index (χ3n) is 3.35. The van der Waals surface area contributed by atoms with Gasteiger partial charge in [0.05, 0.1) is 18.7 Å². The van der Waals surface area contributed by atoms with E-state index in [1.807, 2.05) is 54.6 Å². The molecule has 1 unspecified atom stereocenters. The molecule has 0 aromatic heterocycles. The second-order valence-electron chi connectivity index (χ2n) is 4.81. The molecule has 0 fully saturated rings. The molecule has 0 radical (unpaired) electrons. The van der Waals surface area contributed by atoms with Crippen LogP contribution in [0.4, 0.5) is 5.69 Å². The van der Waals surface area contributed by atoms with Crippen LogP contribution in [0.1, 0.15) is 5.56 Å². The summed E-state index contributed by atoms with van der Waals surface area (Å²) in [5.41, 5.74) is 7.52. The van der Waals surface area contributed by atoms with Crippen LogP contribution in [0.3, 0.4) is 0 Å². The van der Waals surface area contributed by atoms with E-state index in [0.717, 1.165) is 5.56 Å². The van der Waals surface area contributed by atoms with Crippen LogP contribution in [0.25, 0.3) is 0 Å². The summed E-state index contributed by atoms with van der Waals surface area (Å²) in [7, 11) is 1.58. The van der Waals surface area contributed by atoms with E-state index in [1.165, 1.54) is 0 Å². The fraction of sp³-hybridized carbons (Fsp3) is 0.235. The van der Waals surface area contributed by atoms with Gasteiger partial charge in [-0.05, 0) is 24.1 Å². The maximum atomic E-state index is 12.4. The molecule has 110 valence electrons. The lowest BCUT2D eigenvalue weighted by Crippen LogP contribution is -2.31. The number of ether oxygens (including phenoxy) is 1. The number of nitrogens with one attached hydrogen (secondary N) is 1. The zero-order valence-electron chi connectivity index (χ0n) is 12.1. The highest BCUT2D eigenvalue weighted by Gasteiger charge is 2.18. The van der Waals surface area contributed by atoms with Crippen LogP contribution in [-0.2, 0) is 11.2 Å². The molecular formula is C17H20N2O2. The number of hydrogen-bond acceptors (Lipinski definition) is 3. The highest BCUT2D eigenvalue weighted by atomic mass is 16.5. The van der Waals surface area contributed by atoms with Crippen LogP contribution < -0.4 is 15.8 Å². The van der Waals surface area contributed by atoms with Crippen LogP contribution in [0.2, 0.25) is 0 Å². The lowest BCUT2D eigenvalue weighted by Gasteiger charge is -2.16. The van der Waals surface area contributed by atoms with Crippen molar-refractivity contribution in [3.8, 4) is 5.75 Å². The minimum absolute atomic E-state index is 0.0918. The van der Waals surface area contributed by atoms with Crippen molar-refractivity contribution in [3.63, 3.8) is 0 Å². The van der Waals surface area contributed by atoms with Crippen LogP contribution in [0.15, 0.2) is 54.6 Å². The Kier molecular flexibility index (Phi) is 5.35. The number of rotatable bonds is 6. The first-order valence-electron chi connectivity index (χ1n) is 6.92. The highest BCUT2D eigenvalue weighted by Crippen LogP contribution is 2.23. The van der Waals surface area contributed by atoms with Crippen molar-refractivity contribution in [1.82, 2.24) is 0 Å². The van der Waals surface area contributed by atoms with Crippen LogP contribution in [-0.4, -0.2) is 19.6 Å². The molecule has 0 spiro atoms. The standard InChI is InChI=1S/C17H20N2O2/c1-21-16-10-6-5-9-15(16)19-17(20)14(12-18)11-13-7-3-2-4-8-13/h2-10,14H,11-12,18H2,1H3,(H,19,20). The zero-order chi connectivity index (χ0) is 15.1. The molecule has 1 atom stereocenters. The van der Waals surface area contributed by atoms with Crippen LogP contribution >= 0.6 is 0 Å². The van der Waals surface area contributed by atoms with Crippen molar-refractivity contribution >= 4 is 11.6 Å². The van der Waals surface area contributed by atoms with Gasteiger partial charge < -0.3 is 15.8 Å². The molecule has 2 aromatic carbocycles. The number of nitrogens with two attached hydrogens (primary N) is 1. The highest BCUT2D eigenvalue weighted by molar-refractivity contribution is 5.94. The van der Waals surface area contributed by atoms with Gasteiger partial charge in [0.2, 0.25) is 5.91 Å². The van der Waals surface area contributed by atoms with Crippen molar-refractivity contribution in [2.24, 2.45) is 11.7 Å². The first-order valence-corrected chi connectivity index (χ1v) is 6.92.